The molecule has 0 saturated carbocycles. The Hall–Kier alpha value is -5.22. The van der Waals surface area contributed by atoms with Crippen molar-refractivity contribution >= 4 is 11.8 Å². The summed E-state index contributed by atoms with van der Waals surface area (Å²) >= 11 is 0. The number of rotatable bonds is 6. The Morgan fingerprint density at radius 1 is 0.532 bits per heavy atom. The summed E-state index contributed by atoms with van der Waals surface area (Å²) in [5, 5.41) is 0. The first-order valence-corrected chi connectivity index (χ1v) is 21.4. The molecule has 4 aliphatic heterocycles. The van der Waals surface area contributed by atoms with Crippen molar-refractivity contribution in [1.82, 2.24) is 29.6 Å². The highest BCUT2D eigenvalue weighted by Crippen LogP contribution is 2.33. The predicted molar refractivity (Wildman–Crippen MR) is 224 cm³/mol. The zero-order valence-electron chi connectivity index (χ0n) is 34.9. The Balaban J connectivity index is 0.000000186. The fraction of sp³-hybridized carbons (Fsp3) is 0.478. The first-order valence-electron chi connectivity index (χ1n) is 21.4. The second-order valence-electron chi connectivity index (χ2n) is 16.8. The lowest BCUT2D eigenvalue weighted by molar-refractivity contribution is -0.138. The van der Waals surface area contributed by atoms with Gasteiger partial charge in [-0.3, -0.25) is 19.2 Å². The van der Waals surface area contributed by atoms with Crippen LogP contribution in [-0.4, -0.2) is 106 Å². The number of halogens is 6. The number of nitrogens with zero attached hydrogens (tertiary/aromatic N) is 4. The number of hydrogen-bond donors (Lipinski definition) is 2. The summed E-state index contributed by atoms with van der Waals surface area (Å²) in [6.07, 6.45) is -0.390. The molecule has 0 radical (unpaired) electrons. The van der Waals surface area contributed by atoms with Crippen molar-refractivity contribution in [3.05, 3.63) is 115 Å². The number of aromatic amines is 2. The number of likely N-dealkylation sites (tertiary alicyclic amines) is 4. The number of pyridine rings is 2. The van der Waals surface area contributed by atoms with Crippen molar-refractivity contribution in [2.75, 3.05) is 52.4 Å². The maximum atomic E-state index is 13.0. The van der Waals surface area contributed by atoms with Crippen LogP contribution in [-0.2, 0) is 12.4 Å². The number of piperidine rings is 2. The molecule has 2 amide bonds. The second kappa shape index (κ2) is 18.6. The quantitative estimate of drug-likeness (QED) is 0.190. The van der Waals surface area contributed by atoms with Crippen molar-refractivity contribution in [3.63, 3.8) is 0 Å². The van der Waals surface area contributed by atoms with Crippen LogP contribution >= 0.6 is 0 Å². The zero-order valence-corrected chi connectivity index (χ0v) is 34.9. The number of H-pyrrole nitrogens is 2. The summed E-state index contributed by atoms with van der Waals surface area (Å²) in [7, 11) is 0. The van der Waals surface area contributed by atoms with Crippen LogP contribution in [0, 0.1) is 13.8 Å². The number of carbonyl (C=O) groups excluding carboxylic acids is 2. The van der Waals surface area contributed by atoms with Gasteiger partial charge in [-0.1, -0.05) is 24.3 Å². The van der Waals surface area contributed by atoms with Gasteiger partial charge >= 0.3 is 12.4 Å². The summed E-state index contributed by atoms with van der Waals surface area (Å²) in [6, 6.07) is 13.3. The number of aryl methyl sites for hydroxylation is 2. The van der Waals surface area contributed by atoms with E-state index < -0.39 is 34.6 Å². The summed E-state index contributed by atoms with van der Waals surface area (Å²) < 4.78 is 78.2. The van der Waals surface area contributed by atoms with Crippen molar-refractivity contribution in [2.45, 2.75) is 89.7 Å². The molecule has 4 fully saturated rings. The summed E-state index contributed by atoms with van der Waals surface area (Å²) in [6.45, 7) is 10.4. The molecule has 4 saturated heterocycles. The van der Waals surface area contributed by atoms with E-state index in [-0.39, 0.29) is 45.5 Å². The van der Waals surface area contributed by atoms with E-state index in [1.54, 1.807) is 23.6 Å². The highest BCUT2D eigenvalue weighted by molar-refractivity contribution is 5.95. The smallest absolute Gasteiger partial charge is 0.337 e. The van der Waals surface area contributed by atoms with E-state index in [0.717, 1.165) is 76.1 Å². The first kappa shape index (κ1) is 44.8. The maximum Gasteiger partial charge on any atom is 0.416 e. The third-order valence-corrected chi connectivity index (χ3v) is 12.7. The molecule has 2 aromatic heterocycles. The molecular weight excluding hydrogens is 815 g/mol. The van der Waals surface area contributed by atoms with Crippen molar-refractivity contribution in [3.8, 4) is 22.3 Å². The van der Waals surface area contributed by atoms with Crippen LogP contribution in [0.5, 0.6) is 0 Å². The lowest BCUT2D eigenvalue weighted by Crippen LogP contribution is -2.46. The molecule has 62 heavy (non-hydrogen) atoms. The number of amides is 2. The van der Waals surface area contributed by atoms with E-state index in [1.165, 1.54) is 62.1 Å². The van der Waals surface area contributed by atoms with Gasteiger partial charge in [0.2, 0.25) is 0 Å². The molecule has 16 heteroatoms. The molecule has 332 valence electrons. The van der Waals surface area contributed by atoms with Crippen molar-refractivity contribution < 1.29 is 35.9 Å². The van der Waals surface area contributed by atoms with E-state index in [4.69, 9.17) is 0 Å². The lowest BCUT2D eigenvalue weighted by atomic mass is 10.0. The Morgan fingerprint density at radius 2 is 0.871 bits per heavy atom. The van der Waals surface area contributed by atoms with Gasteiger partial charge in [0.05, 0.1) is 11.1 Å². The van der Waals surface area contributed by atoms with Crippen LogP contribution in [0.25, 0.3) is 22.3 Å². The molecule has 8 rings (SSSR count). The highest BCUT2D eigenvalue weighted by Gasteiger charge is 2.34. The number of alkyl halides is 6. The predicted octanol–water partition coefficient (Wildman–Crippen LogP) is 8.14. The van der Waals surface area contributed by atoms with Gasteiger partial charge < -0.3 is 29.6 Å². The minimum Gasteiger partial charge on any atom is -0.337 e. The minimum atomic E-state index is -4.49. The van der Waals surface area contributed by atoms with Gasteiger partial charge in [0.25, 0.3) is 22.9 Å². The highest BCUT2D eigenvalue weighted by atomic mass is 19.4. The minimum absolute atomic E-state index is 0.118. The standard InChI is InChI=1S/2C23H26F3N3O2/c2*1-15-13-19(16-5-4-6-17(14-16)23(24,25)26)21(30)27-20(15)22(31)29-11-7-18(8-12-29)28-9-2-3-10-28/h2*4-6,13-14,18H,2-3,7-12H2,1H3,(H,27,30). The lowest BCUT2D eigenvalue weighted by Gasteiger charge is -2.36. The Kier molecular flexibility index (Phi) is 13.5. The van der Waals surface area contributed by atoms with Gasteiger partial charge in [0, 0.05) is 49.4 Å². The summed E-state index contributed by atoms with van der Waals surface area (Å²) in [5.41, 5.74) is -0.695. The Bertz CT molecular complexity index is 2200. The molecule has 2 N–H and O–H groups in total. The summed E-state index contributed by atoms with van der Waals surface area (Å²) in [5.74, 6) is -0.463. The molecule has 0 bridgehead atoms. The molecule has 0 aliphatic carbocycles. The van der Waals surface area contributed by atoms with Crippen LogP contribution in [0.2, 0.25) is 0 Å². The van der Waals surface area contributed by atoms with Crippen molar-refractivity contribution in [2.24, 2.45) is 0 Å². The molecule has 0 unspecified atom stereocenters. The number of carbonyl (C=O) groups is 2. The van der Waals surface area contributed by atoms with E-state index in [9.17, 15) is 45.5 Å². The first-order chi connectivity index (χ1) is 29.5. The fourth-order valence-electron chi connectivity index (χ4n) is 9.26. The number of hydrogen-bond acceptors (Lipinski definition) is 6. The zero-order chi connectivity index (χ0) is 44.3. The topological polar surface area (TPSA) is 113 Å². The monoisotopic (exact) mass is 866 g/mol. The Labute approximate surface area is 355 Å². The molecule has 10 nitrogen and oxygen atoms in total. The van der Waals surface area contributed by atoms with Gasteiger partial charge in [-0.05, 0) is 150 Å². The third kappa shape index (κ3) is 10.2. The molecule has 4 aliphatic rings. The molecule has 6 heterocycles. The van der Waals surface area contributed by atoms with Crippen LogP contribution in [0.4, 0.5) is 26.3 Å². The normalized spacial score (nSPS) is 18.5. The Morgan fingerprint density at radius 3 is 1.19 bits per heavy atom. The molecule has 2 aromatic carbocycles. The van der Waals surface area contributed by atoms with Crippen LogP contribution < -0.4 is 11.1 Å². The van der Waals surface area contributed by atoms with Crippen LogP contribution in [0.1, 0.15) is 94.6 Å². The number of nitrogens with one attached hydrogen (secondary N) is 2. The molecule has 0 spiro atoms. The molecule has 4 aromatic rings. The van der Waals surface area contributed by atoms with E-state index >= 15 is 0 Å². The van der Waals surface area contributed by atoms with Crippen LogP contribution in [0.15, 0.2) is 70.3 Å². The average Bonchev–Trinajstić information content (AvgIpc) is 4.01. The van der Waals surface area contributed by atoms with Gasteiger partial charge in [-0.15, -0.1) is 0 Å². The number of aromatic nitrogens is 2. The SMILES string of the molecule is Cc1cc(-c2cccc(C(F)(F)F)c2)c(=O)[nH]c1C(=O)N1CCC(N2CCCC2)CC1.Cc1cc(-c2cccc(C(F)(F)F)c2)c(=O)[nH]c1C(=O)N1CCC(N2CCCC2)CC1. The fourth-order valence-corrected chi connectivity index (χ4v) is 9.26. The van der Waals surface area contributed by atoms with Gasteiger partial charge in [-0.2, -0.15) is 26.3 Å². The van der Waals surface area contributed by atoms with Crippen molar-refractivity contribution in [1.29, 1.82) is 0 Å². The van der Waals surface area contributed by atoms with Gasteiger partial charge in [0.15, 0.2) is 0 Å². The third-order valence-electron chi connectivity index (χ3n) is 12.7. The molecule has 0 atom stereocenters. The second-order valence-corrected chi connectivity index (χ2v) is 16.8. The molecular formula is C46H52F6N6O4. The average molecular weight is 867 g/mol. The van der Waals surface area contributed by atoms with E-state index in [2.05, 4.69) is 19.8 Å². The van der Waals surface area contributed by atoms with E-state index in [0.29, 0.717) is 49.4 Å². The van der Waals surface area contributed by atoms with Crippen LogP contribution in [0.3, 0.4) is 0 Å². The summed E-state index contributed by atoms with van der Waals surface area (Å²) in [4.78, 5) is 65.1. The maximum absolute atomic E-state index is 13.0. The number of benzene rings is 2. The van der Waals surface area contributed by atoms with Gasteiger partial charge in [-0.25, -0.2) is 0 Å². The van der Waals surface area contributed by atoms with E-state index in [1.807, 2.05) is 0 Å². The largest absolute Gasteiger partial charge is 0.416 e. The van der Waals surface area contributed by atoms with Gasteiger partial charge in [0.1, 0.15) is 11.4 Å².